The fourth-order valence-corrected chi connectivity index (χ4v) is 1.79. The fraction of sp³-hybridized carbons (Fsp3) is 0.0769. The summed E-state index contributed by atoms with van der Waals surface area (Å²) in [5.74, 6) is -0.264. The molecule has 2 rings (SSSR count). The van der Waals surface area contributed by atoms with Crippen molar-refractivity contribution in [2.24, 2.45) is 5.73 Å². The van der Waals surface area contributed by atoms with E-state index in [0.717, 1.165) is 0 Å². The average Bonchev–Trinajstić information content (AvgIpc) is 2.39. The largest absolute Gasteiger partial charge is 0.494 e. The van der Waals surface area contributed by atoms with Crippen LogP contribution >= 0.6 is 12.2 Å². The Balaban J connectivity index is 2.31. The van der Waals surface area contributed by atoms with Crippen LogP contribution in [0.1, 0.15) is 5.56 Å². The molecular weight excluding hydrogens is 265 g/mol. The lowest BCUT2D eigenvalue weighted by Gasteiger charge is -2.11. The molecule has 1 aromatic carbocycles. The number of hydrogen-bond acceptors (Lipinski definition) is 4. The van der Waals surface area contributed by atoms with Gasteiger partial charge in [-0.3, -0.25) is 4.98 Å². The Kier molecular flexibility index (Phi) is 3.91. The number of nitrogens with zero attached hydrogens (tertiary/aromatic N) is 1. The van der Waals surface area contributed by atoms with Crippen LogP contribution in [0.25, 0.3) is 0 Å². The summed E-state index contributed by atoms with van der Waals surface area (Å²) < 4.78 is 18.4. The minimum Gasteiger partial charge on any atom is -0.494 e. The Morgan fingerprint density at radius 2 is 2.21 bits per heavy atom. The zero-order valence-corrected chi connectivity index (χ0v) is 11.0. The lowest BCUT2D eigenvalue weighted by Crippen LogP contribution is -2.12. The highest BCUT2D eigenvalue weighted by Gasteiger charge is 2.07. The molecule has 6 heteroatoms. The van der Waals surface area contributed by atoms with Gasteiger partial charge in [0.1, 0.15) is 4.99 Å². The van der Waals surface area contributed by atoms with Gasteiger partial charge in [0.15, 0.2) is 11.6 Å². The van der Waals surface area contributed by atoms with Gasteiger partial charge in [-0.2, -0.15) is 0 Å². The first kappa shape index (κ1) is 13.2. The average molecular weight is 277 g/mol. The number of thiocarbonyl (C=S) groups is 1. The molecule has 3 N–H and O–H groups in total. The fourth-order valence-electron chi connectivity index (χ4n) is 1.61. The van der Waals surface area contributed by atoms with E-state index < -0.39 is 5.82 Å². The maximum absolute atomic E-state index is 13.6. The van der Waals surface area contributed by atoms with Crippen LogP contribution in [0.5, 0.6) is 5.75 Å². The van der Waals surface area contributed by atoms with Gasteiger partial charge in [-0.05, 0) is 18.2 Å². The molecule has 0 fully saturated rings. The lowest BCUT2D eigenvalue weighted by atomic mass is 10.2. The molecule has 0 radical (unpaired) electrons. The highest BCUT2D eigenvalue weighted by Crippen LogP contribution is 2.24. The molecule has 0 aliphatic heterocycles. The van der Waals surface area contributed by atoms with Gasteiger partial charge in [0.25, 0.3) is 0 Å². The van der Waals surface area contributed by atoms with Crippen LogP contribution in [0.3, 0.4) is 0 Å². The first-order valence-corrected chi connectivity index (χ1v) is 5.87. The molecule has 98 valence electrons. The Hall–Kier alpha value is -2.21. The van der Waals surface area contributed by atoms with Gasteiger partial charge >= 0.3 is 0 Å². The zero-order chi connectivity index (χ0) is 13.8. The van der Waals surface area contributed by atoms with Crippen LogP contribution in [0.15, 0.2) is 36.7 Å². The molecule has 1 aromatic heterocycles. The van der Waals surface area contributed by atoms with Gasteiger partial charge < -0.3 is 15.8 Å². The second-order valence-corrected chi connectivity index (χ2v) is 4.20. The van der Waals surface area contributed by atoms with Crippen molar-refractivity contribution >= 4 is 28.6 Å². The van der Waals surface area contributed by atoms with E-state index in [1.807, 2.05) is 0 Å². The summed E-state index contributed by atoms with van der Waals surface area (Å²) in [5, 5.41) is 3.02. The predicted octanol–water partition coefficient (Wildman–Crippen LogP) is 2.61. The van der Waals surface area contributed by atoms with Gasteiger partial charge in [-0.15, -0.1) is 0 Å². The molecule has 0 aliphatic carbocycles. The van der Waals surface area contributed by atoms with Crippen LogP contribution in [-0.4, -0.2) is 17.1 Å². The van der Waals surface area contributed by atoms with Gasteiger partial charge in [-0.1, -0.05) is 12.2 Å². The van der Waals surface area contributed by atoms with Crippen LogP contribution < -0.4 is 15.8 Å². The number of rotatable bonds is 4. The minimum atomic E-state index is -0.451. The number of pyridine rings is 1. The number of hydrogen-bond donors (Lipinski definition) is 2. The number of nitrogens with one attached hydrogen (secondary N) is 1. The molecule has 4 nitrogen and oxygen atoms in total. The molecule has 2 aromatic rings. The van der Waals surface area contributed by atoms with Crippen molar-refractivity contribution in [3.8, 4) is 5.75 Å². The minimum absolute atomic E-state index is 0.186. The third-order valence-electron chi connectivity index (χ3n) is 2.52. The topological polar surface area (TPSA) is 60.2 Å². The number of methoxy groups -OCH3 is 1. The van der Waals surface area contributed by atoms with E-state index in [2.05, 4.69) is 10.3 Å². The predicted molar refractivity (Wildman–Crippen MR) is 76.4 cm³/mol. The third-order valence-corrected chi connectivity index (χ3v) is 2.74. The molecular formula is C13H12FN3OS. The quantitative estimate of drug-likeness (QED) is 0.841. The number of benzene rings is 1. The van der Waals surface area contributed by atoms with Crippen molar-refractivity contribution in [2.75, 3.05) is 12.4 Å². The number of nitrogens with two attached hydrogens (primary N) is 1. The maximum atomic E-state index is 13.6. The van der Waals surface area contributed by atoms with Crippen LogP contribution in [0.4, 0.5) is 15.8 Å². The van der Waals surface area contributed by atoms with Crippen molar-refractivity contribution in [1.29, 1.82) is 0 Å². The standard InChI is InChI=1S/C13H12FN3OS/c1-18-12-3-2-8(6-10(12)14)17-11-7-16-5-4-9(11)13(15)19/h2-7,17H,1H3,(H2,15,19). The SMILES string of the molecule is COc1ccc(Nc2cnccc2C(N)=S)cc1F. The van der Waals surface area contributed by atoms with Crippen molar-refractivity contribution in [3.63, 3.8) is 0 Å². The first-order valence-electron chi connectivity index (χ1n) is 5.46. The van der Waals surface area contributed by atoms with Crippen molar-refractivity contribution in [2.45, 2.75) is 0 Å². The second-order valence-electron chi connectivity index (χ2n) is 3.76. The summed E-state index contributed by atoms with van der Waals surface area (Å²) in [6.07, 6.45) is 3.17. The van der Waals surface area contributed by atoms with E-state index in [1.54, 1.807) is 24.5 Å². The molecule has 0 unspecified atom stereocenters. The number of anilines is 2. The second kappa shape index (κ2) is 5.62. The van der Waals surface area contributed by atoms with Gasteiger partial charge in [0, 0.05) is 23.5 Å². The Morgan fingerprint density at radius 1 is 1.42 bits per heavy atom. The number of aromatic nitrogens is 1. The summed E-state index contributed by atoms with van der Waals surface area (Å²) in [4.78, 5) is 4.23. The number of halogens is 1. The Morgan fingerprint density at radius 3 is 2.84 bits per heavy atom. The van der Waals surface area contributed by atoms with Crippen molar-refractivity contribution in [1.82, 2.24) is 4.98 Å². The van der Waals surface area contributed by atoms with E-state index >= 15 is 0 Å². The third kappa shape index (κ3) is 2.97. The molecule has 0 amide bonds. The maximum Gasteiger partial charge on any atom is 0.167 e. The highest BCUT2D eigenvalue weighted by molar-refractivity contribution is 7.80. The zero-order valence-electron chi connectivity index (χ0n) is 10.2. The molecule has 0 aliphatic rings. The molecule has 0 spiro atoms. The van der Waals surface area contributed by atoms with E-state index in [1.165, 1.54) is 19.2 Å². The van der Waals surface area contributed by atoms with Gasteiger partial charge in [-0.25, -0.2) is 4.39 Å². The van der Waals surface area contributed by atoms with Gasteiger partial charge in [0.2, 0.25) is 0 Å². The smallest absolute Gasteiger partial charge is 0.167 e. The summed E-state index contributed by atoms with van der Waals surface area (Å²) in [6, 6.07) is 6.26. The first-order chi connectivity index (χ1) is 9.11. The van der Waals surface area contributed by atoms with E-state index in [-0.39, 0.29) is 10.7 Å². The van der Waals surface area contributed by atoms with Crippen LogP contribution in [0, 0.1) is 5.82 Å². The monoisotopic (exact) mass is 277 g/mol. The normalized spacial score (nSPS) is 10.0. The summed E-state index contributed by atoms with van der Waals surface area (Å²) in [6.45, 7) is 0. The molecule has 0 bridgehead atoms. The molecule has 0 atom stereocenters. The molecule has 0 saturated heterocycles. The summed E-state index contributed by atoms with van der Waals surface area (Å²) in [5.41, 5.74) is 7.45. The van der Waals surface area contributed by atoms with Crippen LogP contribution in [-0.2, 0) is 0 Å². The Bertz CT molecular complexity index is 619. The molecule has 1 heterocycles. The van der Waals surface area contributed by atoms with Gasteiger partial charge in [0.05, 0.1) is 19.0 Å². The summed E-state index contributed by atoms with van der Waals surface area (Å²) >= 11 is 4.95. The van der Waals surface area contributed by atoms with Crippen molar-refractivity contribution < 1.29 is 9.13 Å². The summed E-state index contributed by atoms with van der Waals surface area (Å²) in [7, 11) is 1.41. The van der Waals surface area contributed by atoms with E-state index in [9.17, 15) is 4.39 Å². The van der Waals surface area contributed by atoms with Crippen molar-refractivity contribution in [3.05, 3.63) is 48.0 Å². The van der Waals surface area contributed by atoms with E-state index in [4.69, 9.17) is 22.7 Å². The Labute approximate surface area is 115 Å². The number of ether oxygens (including phenoxy) is 1. The molecule has 0 saturated carbocycles. The molecule has 19 heavy (non-hydrogen) atoms. The lowest BCUT2D eigenvalue weighted by molar-refractivity contribution is 0.386. The van der Waals surface area contributed by atoms with E-state index in [0.29, 0.717) is 16.9 Å². The van der Waals surface area contributed by atoms with Crippen LogP contribution in [0.2, 0.25) is 0 Å². The highest BCUT2D eigenvalue weighted by atomic mass is 32.1.